The lowest BCUT2D eigenvalue weighted by molar-refractivity contribution is -0.218. The van der Waals surface area contributed by atoms with Crippen molar-refractivity contribution in [2.75, 3.05) is 6.61 Å². The number of hydrogen-bond acceptors (Lipinski definition) is 8. The quantitative estimate of drug-likeness (QED) is 0.0801. The molecule has 2 fully saturated rings. The van der Waals surface area contributed by atoms with E-state index < -0.39 is 63.7 Å². The van der Waals surface area contributed by atoms with E-state index in [1.807, 2.05) is 19.9 Å². The number of esters is 2. The second-order valence-corrected chi connectivity index (χ2v) is 15.8. The largest absolute Gasteiger partial charge is 0.461 e. The normalized spacial score (nSPS) is 34.9. The molecule has 4 aliphatic rings. The van der Waals surface area contributed by atoms with E-state index in [1.54, 1.807) is 19.9 Å². The van der Waals surface area contributed by atoms with Crippen molar-refractivity contribution in [3.05, 3.63) is 35.5 Å². The number of carbonyl (C=O) groups excluding carboxylic acids is 3. The smallest absolute Gasteiger partial charge is 0.306 e. The van der Waals surface area contributed by atoms with Gasteiger partial charge in [-0.25, -0.2) is 0 Å². The first kappa shape index (κ1) is 38.5. The predicted molar refractivity (Wildman–Crippen MR) is 186 cm³/mol. The minimum atomic E-state index is -1.94. The van der Waals surface area contributed by atoms with E-state index in [0.717, 1.165) is 38.5 Å². The molecule has 0 spiro atoms. The van der Waals surface area contributed by atoms with Crippen LogP contribution in [0.3, 0.4) is 0 Å². The molecule has 0 aromatic carbocycles. The van der Waals surface area contributed by atoms with Crippen molar-refractivity contribution in [3.8, 4) is 0 Å². The van der Waals surface area contributed by atoms with Gasteiger partial charge in [0.05, 0.1) is 11.7 Å². The first-order valence-corrected chi connectivity index (χ1v) is 18.7. The Balaban J connectivity index is 1.31. The highest BCUT2D eigenvalue weighted by molar-refractivity contribution is 6.04. The van der Waals surface area contributed by atoms with Crippen LogP contribution >= 0.6 is 0 Å². The fourth-order valence-electron chi connectivity index (χ4n) is 9.48. The maximum absolute atomic E-state index is 13.4. The highest BCUT2D eigenvalue weighted by atomic mass is 16.6. The van der Waals surface area contributed by atoms with Crippen LogP contribution in [-0.4, -0.2) is 62.6 Å². The lowest BCUT2D eigenvalue weighted by atomic mass is 9.59. The minimum Gasteiger partial charge on any atom is -0.461 e. The zero-order valence-electron chi connectivity index (χ0n) is 30.4. The summed E-state index contributed by atoms with van der Waals surface area (Å²) in [5, 5.41) is 36.1. The molecule has 0 aromatic rings. The summed E-state index contributed by atoms with van der Waals surface area (Å²) >= 11 is 0. The zero-order chi connectivity index (χ0) is 35.3. The second kappa shape index (κ2) is 15.7. The molecule has 4 aliphatic carbocycles. The molecule has 0 amide bonds. The van der Waals surface area contributed by atoms with Gasteiger partial charge < -0.3 is 24.8 Å². The summed E-state index contributed by atoms with van der Waals surface area (Å²) in [5.74, 6) is -4.30. The molecule has 0 saturated heterocycles. The number of ketones is 1. The molecule has 8 atom stereocenters. The fourth-order valence-corrected chi connectivity index (χ4v) is 9.48. The summed E-state index contributed by atoms with van der Waals surface area (Å²) in [4.78, 5) is 38.4. The van der Waals surface area contributed by atoms with Crippen LogP contribution in [0, 0.1) is 29.1 Å². The van der Waals surface area contributed by atoms with Gasteiger partial charge in [-0.15, -0.1) is 0 Å². The molecule has 2 saturated carbocycles. The third kappa shape index (κ3) is 7.27. The van der Waals surface area contributed by atoms with E-state index in [9.17, 15) is 29.7 Å². The number of carbonyl (C=O) groups is 3. The number of rotatable bonds is 18. The third-order valence-electron chi connectivity index (χ3n) is 12.2. The van der Waals surface area contributed by atoms with Crippen LogP contribution in [0.2, 0.25) is 0 Å². The zero-order valence-corrected chi connectivity index (χ0v) is 30.4. The maximum Gasteiger partial charge on any atom is 0.306 e. The summed E-state index contributed by atoms with van der Waals surface area (Å²) in [7, 11) is 0. The van der Waals surface area contributed by atoms with Crippen molar-refractivity contribution in [1.82, 2.24) is 0 Å². The summed E-state index contributed by atoms with van der Waals surface area (Å²) in [6.45, 7) is 10.6. The van der Waals surface area contributed by atoms with E-state index in [2.05, 4.69) is 19.1 Å². The number of aliphatic hydroxyl groups excluding tert-OH is 1. The highest BCUT2D eigenvalue weighted by Crippen LogP contribution is 2.76. The van der Waals surface area contributed by atoms with Crippen LogP contribution in [0.4, 0.5) is 0 Å². The van der Waals surface area contributed by atoms with E-state index in [-0.39, 0.29) is 19.0 Å². The van der Waals surface area contributed by atoms with Crippen LogP contribution in [0.1, 0.15) is 138 Å². The third-order valence-corrected chi connectivity index (χ3v) is 12.2. The van der Waals surface area contributed by atoms with Crippen LogP contribution in [0.15, 0.2) is 35.5 Å². The Labute approximate surface area is 288 Å². The Morgan fingerprint density at radius 2 is 1.52 bits per heavy atom. The molecule has 0 aliphatic heterocycles. The van der Waals surface area contributed by atoms with Crippen molar-refractivity contribution < 1.29 is 39.2 Å². The molecule has 0 heterocycles. The fraction of sp³-hybridized carbons (Fsp3) is 0.775. The van der Waals surface area contributed by atoms with Crippen molar-refractivity contribution >= 4 is 17.7 Å². The molecule has 270 valence electrons. The second-order valence-electron chi connectivity index (χ2n) is 15.8. The molecule has 3 N–H and O–H groups in total. The molecule has 0 radical (unpaired) electrons. The van der Waals surface area contributed by atoms with Crippen molar-refractivity contribution in [2.24, 2.45) is 29.1 Å². The van der Waals surface area contributed by atoms with Gasteiger partial charge >= 0.3 is 11.9 Å². The number of aliphatic hydroxyl groups is 3. The molecular weight excluding hydrogens is 608 g/mol. The summed E-state index contributed by atoms with van der Waals surface area (Å²) < 4.78 is 11.5. The van der Waals surface area contributed by atoms with Gasteiger partial charge in [0.2, 0.25) is 0 Å². The lowest BCUT2D eigenvalue weighted by Gasteiger charge is -2.52. The summed E-state index contributed by atoms with van der Waals surface area (Å²) in [5.41, 5.74) is -4.66. The van der Waals surface area contributed by atoms with Gasteiger partial charge in [0.25, 0.3) is 0 Å². The summed E-state index contributed by atoms with van der Waals surface area (Å²) in [6, 6.07) is 0. The van der Waals surface area contributed by atoms with Gasteiger partial charge in [0, 0.05) is 48.9 Å². The molecule has 8 heteroatoms. The Kier molecular flexibility index (Phi) is 12.6. The lowest BCUT2D eigenvalue weighted by Crippen LogP contribution is -2.65. The number of fused-ring (bicyclic) bond motifs is 5. The van der Waals surface area contributed by atoms with Gasteiger partial charge in [-0.1, -0.05) is 103 Å². The minimum absolute atomic E-state index is 0.0969. The van der Waals surface area contributed by atoms with Crippen LogP contribution < -0.4 is 0 Å². The maximum atomic E-state index is 13.4. The van der Waals surface area contributed by atoms with Crippen molar-refractivity contribution in [3.63, 3.8) is 0 Å². The topological polar surface area (TPSA) is 130 Å². The van der Waals surface area contributed by atoms with Gasteiger partial charge in [-0.2, -0.15) is 0 Å². The Bertz CT molecular complexity index is 1260. The molecule has 0 aromatic heterocycles. The first-order valence-electron chi connectivity index (χ1n) is 18.7. The van der Waals surface area contributed by atoms with Crippen molar-refractivity contribution in [2.45, 2.75) is 161 Å². The molecule has 0 bridgehead atoms. The number of allylic oxidation sites excluding steroid dienone is 2. The molecule has 4 rings (SSSR count). The monoisotopic (exact) mass is 670 g/mol. The van der Waals surface area contributed by atoms with Crippen LogP contribution in [0.25, 0.3) is 0 Å². The molecule has 0 unspecified atom stereocenters. The molecule has 8 nitrogen and oxygen atoms in total. The first-order chi connectivity index (χ1) is 22.7. The average molecular weight is 671 g/mol. The SMILES string of the molecule is CCCCCCCC/C=C\CCCCCCCC(=O)OCC1=C[C@H]2[C@@H]3C(C)(C)[C@]3(OC(C)=O)[C@H](O)[C@@H](C)[C@]2(O)[C@@H]2C=C(C)C(=O)[C@@]2(O)C1. The van der Waals surface area contributed by atoms with Crippen LogP contribution in [-0.2, 0) is 23.9 Å². The number of hydrogen-bond donors (Lipinski definition) is 3. The van der Waals surface area contributed by atoms with Crippen LogP contribution in [0.5, 0.6) is 0 Å². The number of Topliss-reactive ketones (excluding diaryl/α,β-unsaturated/α-hetero) is 1. The molecular formula is C40H62O8. The van der Waals surface area contributed by atoms with Gasteiger partial charge in [-0.3, -0.25) is 14.4 Å². The highest BCUT2D eigenvalue weighted by Gasteiger charge is 2.86. The average Bonchev–Trinajstić information content (AvgIpc) is 3.46. The van der Waals surface area contributed by atoms with E-state index in [1.165, 1.54) is 51.9 Å². The predicted octanol–water partition coefficient (Wildman–Crippen LogP) is 7.09. The van der Waals surface area contributed by atoms with E-state index >= 15 is 0 Å². The van der Waals surface area contributed by atoms with Gasteiger partial charge in [-0.05, 0) is 50.2 Å². The Morgan fingerprint density at radius 3 is 2.12 bits per heavy atom. The van der Waals surface area contributed by atoms with Gasteiger partial charge in [0.1, 0.15) is 17.8 Å². The standard InChI is InChI=1S/C40H62O8/c1-7-8-9-10-11-12-13-14-15-16-17-18-19-20-21-22-33(42)47-26-30-24-31-34-37(5,6)40(34,48-29(4)41)36(44)28(3)39(31,46)32-23-27(2)35(43)38(32,45)25-30/h14-15,23-24,28,31-32,34,36,44-46H,7-13,16-22,25-26H2,1-6H3/b15-14-/t28-,31+,32-,34-,36-,38-,39-,40-/m1/s1. The molecule has 48 heavy (non-hydrogen) atoms. The number of unbranched alkanes of at least 4 members (excludes halogenated alkanes) is 11. The Hall–Kier alpha value is -2.29. The summed E-state index contributed by atoms with van der Waals surface area (Å²) in [6.07, 6.45) is 22.3. The van der Waals surface area contributed by atoms with Gasteiger partial charge in [0.15, 0.2) is 5.78 Å². The Morgan fingerprint density at radius 1 is 0.938 bits per heavy atom. The van der Waals surface area contributed by atoms with E-state index in [4.69, 9.17) is 9.47 Å². The van der Waals surface area contributed by atoms with E-state index in [0.29, 0.717) is 17.6 Å². The van der Waals surface area contributed by atoms with Crippen molar-refractivity contribution in [1.29, 1.82) is 0 Å². The number of ether oxygens (including phenoxy) is 2.